The van der Waals surface area contributed by atoms with Crippen LogP contribution in [0, 0.1) is 6.92 Å². The Kier molecular flexibility index (Phi) is 11.1. The number of hydrogen-bond acceptors (Lipinski definition) is 3. The molecule has 0 atom stereocenters. The summed E-state index contributed by atoms with van der Waals surface area (Å²) in [4.78, 5) is 26.7. The van der Waals surface area contributed by atoms with E-state index in [-0.39, 0.29) is 5.91 Å². The van der Waals surface area contributed by atoms with Crippen LogP contribution in [0.3, 0.4) is 0 Å². The van der Waals surface area contributed by atoms with Gasteiger partial charge < -0.3 is 9.88 Å². The second kappa shape index (κ2) is 13.3. The van der Waals surface area contributed by atoms with Crippen molar-refractivity contribution in [2.75, 3.05) is 13.1 Å². The van der Waals surface area contributed by atoms with E-state index in [1.54, 1.807) is 18.2 Å². The fourth-order valence-electron chi connectivity index (χ4n) is 3.42. The molecule has 0 spiro atoms. The van der Waals surface area contributed by atoms with Gasteiger partial charge in [-0.1, -0.05) is 44.7 Å². The minimum atomic E-state index is 0.0938. The molecule has 5 nitrogen and oxygen atoms in total. The van der Waals surface area contributed by atoms with E-state index in [2.05, 4.69) is 34.2 Å². The molecular formula is C25H36N4O. The highest BCUT2D eigenvalue weighted by Crippen LogP contribution is 2.32. The second-order valence-corrected chi connectivity index (χ2v) is 6.73. The Hall–Kier alpha value is -2.95. The summed E-state index contributed by atoms with van der Waals surface area (Å²) in [6.07, 6.45) is 12.6. The summed E-state index contributed by atoms with van der Waals surface area (Å²) in [7, 11) is 0. The maximum atomic E-state index is 12.6. The Morgan fingerprint density at radius 1 is 1.23 bits per heavy atom. The first kappa shape index (κ1) is 25.1. The van der Waals surface area contributed by atoms with E-state index in [9.17, 15) is 4.79 Å². The number of H-pyrrole nitrogens is 1. The Morgan fingerprint density at radius 2 is 1.87 bits per heavy atom. The number of aryl methyl sites for hydroxylation is 1. The van der Waals surface area contributed by atoms with Gasteiger partial charge in [0.15, 0.2) is 5.65 Å². The van der Waals surface area contributed by atoms with Crippen LogP contribution in [0.2, 0.25) is 0 Å². The van der Waals surface area contributed by atoms with E-state index < -0.39 is 0 Å². The first-order valence-corrected chi connectivity index (χ1v) is 10.7. The number of piperidine rings is 1. The van der Waals surface area contributed by atoms with Crippen molar-refractivity contribution in [3.63, 3.8) is 0 Å². The molecule has 30 heavy (non-hydrogen) atoms. The van der Waals surface area contributed by atoms with Gasteiger partial charge >= 0.3 is 0 Å². The Morgan fingerprint density at radius 3 is 2.43 bits per heavy atom. The van der Waals surface area contributed by atoms with Gasteiger partial charge in [0, 0.05) is 24.9 Å². The zero-order valence-electron chi connectivity index (χ0n) is 19.1. The lowest BCUT2D eigenvalue weighted by atomic mass is 9.89. The zero-order valence-corrected chi connectivity index (χ0v) is 19.1. The number of carbonyl (C=O) groups excluding carboxylic acids is 1. The number of carbonyl (C=O) groups is 1. The van der Waals surface area contributed by atoms with Gasteiger partial charge in [-0.05, 0) is 57.2 Å². The highest BCUT2D eigenvalue weighted by molar-refractivity contribution is 5.96. The molecule has 0 aromatic carbocycles. The second-order valence-electron chi connectivity index (χ2n) is 6.73. The number of pyridine rings is 1. The van der Waals surface area contributed by atoms with Gasteiger partial charge in [-0.25, -0.2) is 9.97 Å². The van der Waals surface area contributed by atoms with Crippen molar-refractivity contribution in [3.05, 3.63) is 72.8 Å². The summed E-state index contributed by atoms with van der Waals surface area (Å²) >= 11 is 0. The van der Waals surface area contributed by atoms with Crippen molar-refractivity contribution in [1.82, 2.24) is 19.9 Å². The Bertz CT molecular complexity index is 884. The molecule has 0 aliphatic carbocycles. The lowest BCUT2D eigenvalue weighted by Gasteiger charge is -2.32. The van der Waals surface area contributed by atoms with Gasteiger partial charge in [0.2, 0.25) is 0 Å². The van der Waals surface area contributed by atoms with Crippen LogP contribution in [0.5, 0.6) is 0 Å². The molecule has 5 heteroatoms. The number of likely N-dealkylation sites (tertiary alicyclic amines) is 1. The fraction of sp³-hybridized carbons (Fsp3) is 0.400. The van der Waals surface area contributed by atoms with E-state index in [0.29, 0.717) is 11.5 Å². The minimum absolute atomic E-state index is 0.0938. The molecule has 2 aromatic heterocycles. The maximum absolute atomic E-state index is 12.6. The van der Waals surface area contributed by atoms with Crippen molar-refractivity contribution in [3.8, 4) is 0 Å². The van der Waals surface area contributed by atoms with Crippen LogP contribution in [0.25, 0.3) is 11.2 Å². The molecule has 0 radical (unpaired) electrons. The first-order valence-electron chi connectivity index (χ1n) is 10.7. The van der Waals surface area contributed by atoms with Gasteiger partial charge in [0.25, 0.3) is 5.91 Å². The van der Waals surface area contributed by atoms with Crippen molar-refractivity contribution in [2.24, 2.45) is 0 Å². The molecule has 0 bridgehead atoms. The number of imidazole rings is 1. The third-order valence-corrected chi connectivity index (χ3v) is 4.73. The minimum Gasteiger partial charge on any atom is -0.341 e. The molecule has 0 unspecified atom stereocenters. The molecule has 162 valence electrons. The first-order chi connectivity index (χ1) is 14.5. The fourth-order valence-corrected chi connectivity index (χ4v) is 3.42. The standard InChI is InChI=1S/C20H24N4O.C3H6.C2H6/c1-4-6-7-15(5-2)20(25)24-12-9-16(10-13-24)17-8-11-21-19-18(17)22-14(3)23-19;1-3-2;1-2/h4-8,11,16H,1,9-10,12-13H2,2-3H3,(H,21,22,23);3H,1H2,2H3;1-2H3/b7-6-,15-5+;;. The van der Waals surface area contributed by atoms with Crippen molar-refractivity contribution >= 4 is 17.1 Å². The van der Waals surface area contributed by atoms with E-state index in [1.165, 1.54) is 5.56 Å². The van der Waals surface area contributed by atoms with Gasteiger partial charge in [0.05, 0.1) is 5.52 Å². The number of nitrogens with one attached hydrogen (secondary N) is 1. The van der Waals surface area contributed by atoms with E-state index in [1.807, 2.05) is 57.9 Å². The summed E-state index contributed by atoms with van der Waals surface area (Å²) in [5.41, 5.74) is 3.79. The Labute approximate surface area is 181 Å². The summed E-state index contributed by atoms with van der Waals surface area (Å²) in [6.45, 7) is 18.3. The van der Waals surface area contributed by atoms with Gasteiger partial charge in [-0.15, -0.1) is 6.58 Å². The van der Waals surface area contributed by atoms with Crippen molar-refractivity contribution in [2.45, 2.75) is 53.4 Å². The number of allylic oxidation sites excluding steroid dienone is 4. The quantitative estimate of drug-likeness (QED) is 0.390. The molecule has 1 aliphatic rings. The molecule has 1 amide bonds. The number of amides is 1. The number of hydrogen-bond donors (Lipinski definition) is 1. The number of rotatable bonds is 4. The lowest BCUT2D eigenvalue weighted by molar-refractivity contribution is -0.127. The zero-order chi connectivity index (χ0) is 22.5. The van der Waals surface area contributed by atoms with E-state index >= 15 is 0 Å². The average Bonchev–Trinajstić information content (AvgIpc) is 3.16. The topological polar surface area (TPSA) is 61.9 Å². The van der Waals surface area contributed by atoms with Crippen LogP contribution in [0.1, 0.15) is 57.8 Å². The number of aromatic nitrogens is 3. The maximum Gasteiger partial charge on any atom is 0.253 e. The molecule has 1 saturated heterocycles. The number of nitrogens with zero attached hydrogens (tertiary/aromatic N) is 3. The smallest absolute Gasteiger partial charge is 0.253 e. The summed E-state index contributed by atoms with van der Waals surface area (Å²) in [5, 5.41) is 0. The summed E-state index contributed by atoms with van der Waals surface area (Å²) < 4.78 is 0. The summed E-state index contributed by atoms with van der Waals surface area (Å²) in [5.74, 6) is 1.40. The van der Waals surface area contributed by atoms with Gasteiger partial charge in [-0.3, -0.25) is 4.79 Å². The number of aromatic amines is 1. The Balaban J connectivity index is 0.000000826. The normalized spacial score (nSPS) is 14.6. The van der Waals surface area contributed by atoms with Crippen LogP contribution in [-0.4, -0.2) is 38.8 Å². The molecular weight excluding hydrogens is 372 g/mol. The molecule has 1 aliphatic heterocycles. The third kappa shape index (κ3) is 6.55. The third-order valence-electron chi connectivity index (χ3n) is 4.73. The molecule has 1 fully saturated rings. The van der Waals surface area contributed by atoms with E-state index in [0.717, 1.165) is 42.9 Å². The lowest BCUT2D eigenvalue weighted by Crippen LogP contribution is -2.38. The van der Waals surface area contributed by atoms with Crippen LogP contribution in [-0.2, 0) is 4.79 Å². The van der Waals surface area contributed by atoms with Crippen LogP contribution in [0.4, 0.5) is 0 Å². The molecule has 3 heterocycles. The largest absolute Gasteiger partial charge is 0.341 e. The van der Waals surface area contributed by atoms with Crippen LogP contribution < -0.4 is 0 Å². The molecule has 1 N–H and O–H groups in total. The molecule has 0 saturated carbocycles. The van der Waals surface area contributed by atoms with Crippen LogP contribution in [0.15, 0.2) is 61.4 Å². The van der Waals surface area contributed by atoms with Crippen molar-refractivity contribution < 1.29 is 4.79 Å². The number of fused-ring (bicyclic) bond motifs is 1. The monoisotopic (exact) mass is 408 g/mol. The van der Waals surface area contributed by atoms with Gasteiger partial charge in [0.1, 0.15) is 5.82 Å². The van der Waals surface area contributed by atoms with Crippen molar-refractivity contribution in [1.29, 1.82) is 0 Å². The molecule has 3 rings (SSSR count). The van der Waals surface area contributed by atoms with Gasteiger partial charge in [-0.2, -0.15) is 0 Å². The highest BCUT2D eigenvalue weighted by atomic mass is 16.2. The average molecular weight is 409 g/mol. The summed E-state index contributed by atoms with van der Waals surface area (Å²) in [6, 6.07) is 2.08. The molecule has 2 aromatic rings. The highest BCUT2D eigenvalue weighted by Gasteiger charge is 2.26. The predicted molar refractivity (Wildman–Crippen MR) is 127 cm³/mol. The predicted octanol–water partition coefficient (Wildman–Crippen LogP) is 5.88. The van der Waals surface area contributed by atoms with Crippen LogP contribution >= 0.6 is 0 Å². The van der Waals surface area contributed by atoms with E-state index in [4.69, 9.17) is 0 Å². The SMILES string of the molecule is C=C/C=C\C(=C/C)C(=O)N1CCC(c2ccnc3nc(C)[nH]c23)CC1.C=CC.CC.